The predicted molar refractivity (Wildman–Crippen MR) is 130 cm³/mol. The van der Waals surface area contributed by atoms with Crippen LogP contribution in [0.1, 0.15) is 12.5 Å². The minimum Gasteiger partial charge on any atom is -0.484 e. The molecule has 3 aromatic carbocycles. The van der Waals surface area contributed by atoms with Crippen LogP contribution in [0.3, 0.4) is 0 Å². The summed E-state index contributed by atoms with van der Waals surface area (Å²) in [5.41, 5.74) is 5.98. The van der Waals surface area contributed by atoms with E-state index in [-0.39, 0.29) is 18.3 Å². The zero-order valence-electron chi connectivity index (χ0n) is 17.3. The number of hydrogen-bond donors (Lipinski definition) is 3. The van der Waals surface area contributed by atoms with Gasteiger partial charge in [0.1, 0.15) is 11.5 Å². The van der Waals surface area contributed by atoms with E-state index >= 15 is 0 Å². The number of nitrogens with one attached hydrogen (secondary N) is 3. The topological polar surface area (TPSA) is 88.7 Å². The normalized spacial score (nSPS) is 10.3. The summed E-state index contributed by atoms with van der Waals surface area (Å²) in [6, 6.07) is 19.1. The molecule has 0 saturated heterocycles. The Morgan fingerprint density at radius 1 is 0.906 bits per heavy atom. The summed E-state index contributed by atoms with van der Waals surface area (Å²) in [6.07, 6.45) is 0.901. The fraction of sp³-hybridized carbons (Fsp3) is 0.174. The van der Waals surface area contributed by atoms with Gasteiger partial charge in [0, 0.05) is 0 Å². The van der Waals surface area contributed by atoms with Crippen molar-refractivity contribution in [2.24, 2.45) is 0 Å². The Labute approximate surface area is 199 Å². The lowest BCUT2D eigenvalue weighted by Gasteiger charge is -2.12. The molecule has 0 heterocycles. The SMILES string of the molecule is CCc1ccc(OCC(=O)NC(=S)NNC(=O)COc2ccc3ccccc3c2)c(Br)c1. The van der Waals surface area contributed by atoms with Gasteiger partial charge in [-0.15, -0.1) is 0 Å². The van der Waals surface area contributed by atoms with Gasteiger partial charge in [0.2, 0.25) is 0 Å². The van der Waals surface area contributed by atoms with Crippen LogP contribution in [0.2, 0.25) is 0 Å². The molecule has 32 heavy (non-hydrogen) atoms. The number of benzene rings is 3. The zero-order valence-corrected chi connectivity index (χ0v) is 19.7. The lowest BCUT2D eigenvalue weighted by Crippen LogP contribution is -2.50. The maximum absolute atomic E-state index is 12.0. The maximum atomic E-state index is 12.0. The van der Waals surface area contributed by atoms with Crippen molar-refractivity contribution in [3.63, 3.8) is 0 Å². The van der Waals surface area contributed by atoms with Gasteiger partial charge < -0.3 is 9.47 Å². The monoisotopic (exact) mass is 515 g/mol. The van der Waals surface area contributed by atoms with E-state index in [1.165, 1.54) is 0 Å². The van der Waals surface area contributed by atoms with Crippen LogP contribution < -0.4 is 25.6 Å². The van der Waals surface area contributed by atoms with Crippen LogP contribution in [0.4, 0.5) is 0 Å². The number of halogens is 1. The van der Waals surface area contributed by atoms with E-state index in [1.54, 1.807) is 12.1 Å². The summed E-state index contributed by atoms with van der Waals surface area (Å²) in [7, 11) is 0. The van der Waals surface area contributed by atoms with Crippen molar-refractivity contribution in [3.8, 4) is 11.5 Å². The molecular weight excluding hydrogens is 494 g/mol. The first-order chi connectivity index (χ1) is 15.4. The van der Waals surface area contributed by atoms with Gasteiger partial charge in [-0.25, -0.2) is 0 Å². The van der Waals surface area contributed by atoms with Gasteiger partial charge >= 0.3 is 0 Å². The number of amides is 2. The summed E-state index contributed by atoms with van der Waals surface area (Å²) in [6.45, 7) is 1.61. The molecular formula is C23H22BrN3O4S. The molecule has 0 aliphatic rings. The molecule has 0 aliphatic carbocycles. The molecule has 3 N–H and O–H groups in total. The molecule has 2 amide bonds. The molecule has 0 radical (unpaired) electrons. The maximum Gasteiger partial charge on any atom is 0.276 e. The first-order valence-corrected chi connectivity index (χ1v) is 11.1. The smallest absolute Gasteiger partial charge is 0.276 e. The quantitative estimate of drug-likeness (QED) is 0.328. The first-order valence-electron chi connectivity index (χ1n) is 9.86. The fourth-order valence-corrected chi connectivity index (χ4v) is 3.49. The van der Waals surface area contributed by atoms with Crippen LogP contribution in [-0.4, -0.2) is 30.1 Å². The van der Waals surface area contributed by atoms with E-state index < -0.39 is 11.8 Å². The van der Waals surface area contributed by atoms with E-state index in [0.717, 1.165) is 27.2 Å². The van der Waals surface area contributed by atoms with Crippen molar-refractivity contribution < 1.29 is 19.1 Å². The van der Waals surface area contributed by atoms with E-state index in [2.05, 4.69) is 39.0 Å². The number of fused-ring (bicyclic) bond motifs is 1. The Balaban J connectivity index is 1.37. The van der Waals surface area contributed by atoms with Crippen LogP contribution in [0, 0.1) is 0 Å². The summed E-state index contributed by atoms with van der Waals surface area (Å²) >= 11 is 8.42. The average Bonchev–Trinajstić information content (AvgIpc) is 2.80. The van der Waals surface area contributed by atoms with Crippen molar-refractivity contribution in [2.45, 2.75) is 13.3 Å². The van der Waals surface area contributed by atoms with Gasteiger partial charge in [0.15, 0.2) is 18.3 Å². The summed E-state index contributed by atoms with van der Waals surface area (Å²) in [4.78, 5) is 24.0. The van der Waals surface area contributed by atoms with Gasteiger partial charge in [-0.1, -0.05) is 43.3 Å². The van der Waals surface area contributed by atoms with Crippen LogP contribution >= 0.6 is 28.1 Å². The number of ether oxygens (including phenoxy) is 2. The molecule has 9 heteroatoms. The minimum absolute atomic E-state index is 0.0574. The van der Waals surface area contributed by atoms with Crippen molar-refractivity contribution in [1.82, 2.24) is 16.2 Å². The number of hydrazine groups is 1. The Morgan fingerprint density at radius 3 is 2.41 bits per heavy atom. The third-order valence-electron chi connectivity index (χ3n) is 4.42. The Hall–Kier alpha value is -3.17. The van der Waals surface area contributed by atoms with Crippen molar-refractivity contribution in [2.75, 3.05) is 13.2 Å². The van der Waals surface area contributed by atoms with Crippen molar-refractivity contribution in [1.29, 1.82) is 0 Å². The lowest BCUT2D eigenvalue weighted by atomic mass is 10.1. The number of aryl methyl sites for hydroxylation is 1. The van der Waals surface area contributed by atoms with Gasteiger partial charge in [-0.05, 0) is 75.2 Å². The van der Waals surface area contributed by atoms with E-state index in [1.807, 2.05) is 48.5 Å². The minimum atomic E-state index is -0.462. The van der Waals surface area contributed by atoms with Gasteiger partial charge in [0.05, 0.1) is 4.47 Å². The van der Waals surface area contributed by atoms with Gasteiger partial charge in [-0.3, -0.25) is 25.8 Å². The molecule has 0 spiro atoms. The van der Waals surface area contributed by atoms with Gasteiger partial charge in [0.25, 0.3) is 11.8 Å². The molecule has 0 fully saturated rings. The number of rotatable bonds is 7. The first kappa shape index (κ1) is 23.5. The van der Waals surface area contributed by atoms with Crippen molar-refractivity contribution in [3.05, 3.63) is 70.7 Å². The molecule has 0 aliphatic heterocycles. The number of carbonyl (C=O) groups excluding carboxylic acids is 2. The Kier molecular flexibility index (Phi) is 8.41. The Bertz CT molecular complexity index is 1140. The highest BCUT2D eigenvalue weighted by Crippen LogP contribution is 2.26. The standard InChI is InChI=1S/C23H22BrN3O4S/c1-2-15-7-10-20(19(24)11-15)31-13-21(28)25-23(32)27-26-22(29)14-30-18-9-8-16-5-3-4-6-17(16)12-18/h3-12H,2,13-14H2,1H3,(H,26,29)(H2,25,27,28,32). The average molecular weight is 516 g/mol. The second kappa shape index (κ2) is 11.4. The van der Waals surface area contributed by atoms with Crippen molar-refractivity contribution >= 4 is 55.8 Å². The molecule has 0 aromatic heterocycles. The highest BCUT2D eigenvalue weighted by Gasteiger charge is 2.09. The summed E-state index contributed by atoms with van der Waals surface area (Å²) in [5.74, 6) is 0.210. The molecule has 0 bridgehead atoms. The second-order valence-electron chi connectivity index (χ2n) is 6.76. The zero-order chi connectivity index (χ0) is 22.9. The number of hydrogen-bond acceptors (Lipinski definition) is 5. The third kappa shape index (κ3) is 6.93. The molecule has 3 aromatic rings. The Morgan fingerprint density at radius 2 is 1.66 bits per heavy atom. The highest BCUT2D eigenvalue weighted by atomic mass is 79.9. The summed E-state index contributed by atoms with van der Waals surface area (Å²) < 4.78 is 11.8. The van der Waals surface area contributed by atoms with Crippen LogP contribution in [-0.2, 0) is 16.0 Å². The van der Waals surface area contributed by atoms with Crippen LogP contribution in [0.5, 0.6) is 11.5 Å². The largest absolute Gasteiger partial charge is 0.484 e. The molecule has 0 saturated carbocycles. The molecule has 3 rings (SSSR count). The summed E-state index contributed by atoms with van der Waals surface area (Å²) in [5, 5.41) is 4.47. The molecule has 0 atom stereocenters. The van der Waals surface area contributed by atoms with E-state index in [4.69, 9.17) is 21.7 Å². The molecule has 166 valence electrons. The fourth-order valence-electron chi connectivity index (χ4n) is 2.79. The predicted octanol–water partition coefficient (Wildman–Crippen LogP) is 3.64. The number of carbonyl (C=O) groups is 2. The highest BCUT2D eigenvalue weighted by molar-refractivity contribution is 9.10. The second-order valence-corrected chi connectivity index (χ2v) is 8.02. The van der Waals surface area contributed by atoms with Crippen LogP contribution in [0.25, 0.3) is 10.8 Å². The lowest BCUT2D eigenvalue weighted by molar-refractivity contribution is -0.124. The molecule has 7 nitrogen and oxygen atoms in total. The van der Waals surface area contributed by atoms with E-state index in [0.29, 0.717) is 11.5 Å². The molecule has 0 unspecified atom stereocenters. The third-order valence-corrected chi connectivity index (χ3v) is 5.25. The van der Waals surface area contributed by atoms with E-state index in [9.17, 15) is 9.59 Å². The van der Waals surface area contributed by atoms with Crippen LogP contribution in [0.15, 0.2) is 65.1 Å². The number of thiocarbonyl (C=S) groups is 1. The van der Waals surface area contributed by atoms with Gasteiger partial charge in [-0.2, -0.15) is 0 Å².